The van der Waals surface area contributed by atoms with Crippen LogP contribution >= 0.6 is 0 Å². The number of aromatic amines is 1. The molecule has 1 aromatic carbocycles. The molecular formula is C25H35FN4O4. The number of nitrogens with one attached hydrogen (secondary N) is 2. The van der Waals surface area contributed by atoms with Gasteiger partial charge in [-0.05, 0) is 44.2 Å². The lowest BCUT2D eigenvalue weighted by Gasteiger charge is -2.34. The van der Waals surface area contributed by atoms with E-state index in [0.717, 1.165) is 19.3 Å². The Morgan fingerprint density at radius 2 is 2.00 bits per heavy atom. The average Bonchev–Trinajstić information content (AvgIpc) is 3.23. The van der Waals surface area contributed by atoms with Crippen molar-refractivity contribution in [2.24, 2.45) is 5.92 Å². The van der Waals surface area contributed by atoms with Gasteiger partial charge in [-0.1, -0.05) is 26.8 Å². The molecule has 0 bridgehead atoms. The Hall–Kier alpha value is -2.97. The largest absolute Gasteiger partial charge is 0.449 e. The molecule has 3 rings (SSSR count). The fourth-order valence-electron chi connectivity index (χ4n) is 4.22. The number of imidazole rings is 1. The number of hydrogen-bond acceptors (Lipinski definition) is 5. The first-order valence-electron chi connectivity index (χ1n) is 12.0. The predicted octanol–water partition coefficient (Wildman–Crippen LogP) is 4.31. The molecule has 2 amide bonds. The van der Waals surface area contributed by atoms with E-state index in [2.05, 4.69) is 15.3 Å². The van der Waals surface area contributed by atoms with Crippen LogP contribution in [0.15, 0.2) is 18.2 Å². The van der Waals surface area contributed by atoms with Gasteiger partial charge in [0.2, 0.25) is 5.91 Å². The van der Waals surface area contributed by atoms with Gasteiger partial charge in [0, 0.05) is 24.9 Å². The van der Waals surface area contributed by atoms with Crippen LogP contribution in [0, 0.1) is 11.7 Å². The van der Waals surface area contributed by atoms with Crippen molar-refractivity contribution in [1.82, 2.24) is 20.2 Å². The molecule has 1 saturated heterocycles. The van der Waals surface area contributed by atoms with Crippen molar-refractivity contribution < 1.29 is 23.5 Å². The number of nitrogens with zero attached hydrogens (tertiary/aromatic N) is 2. The minimum atomic E-state index is -1.01. The Kier molecular flexibility index (Phi) is 8.63. The van der Waals surface area contributed by atoms with E-state index in [-0.39, 0.29) is 54.5 Å². The number of amides is 2. The first-order valence-corrected chi connectivity index (χ1v) is 12.0. The molecule has 0 spiro atoms. The highest BCUT2D eigenvalue weighted by atomic mass is 19.1. The summed E-state index contributed by atoms with van der Waals surface area (Å²) < 4.78 is 19.2. The zero-order valence-electron chi connectivity index (χ0n) is 20.4. The topological polar surface area (TPSA) is 104 Å². The van der Waals surface area contributed by atoms with E-state index in [1.54, 1.807) is 24.0 Å². The summed E-state index contributed by atoms with van der Waals surface area (Å²) in [6.07, 6.45) is 2.11. The van der Waals surface area contributed by atoms with Crippen LogP contribution < -0.4 is 5.32 Å². The average molecular weight is 475 g/mol. The summed E-state index contributed by atoms with van der Waals surface area (Å²) in [6, 6.07) is 3.74. The van der Waals surface area contributed by atoms with Crippen molar-refractivity contribution in [2.45, 2.75) is 77.8 Å². The number of carbonyl (C=O) groups is 3. The summed E-state index contributed by atoms with van der Waals surface area (Å²) >= 11 is 0. The van der Waals surface area contributed by atoms with E-state index >= 15 is 0 Å². The summed E-state index contributed by atoms with van der Waals surface area (Å²) in [6.45, 7) is 8.49. The third-order valence-corrected chi connectivity index (χ3v) is 6.19. The molecule has 0 radical (unpaired) electrons. The van der Waals surface area contributed by atoms with Crippen molar-refractivity contribution in [3.05, 3.63) is 29.8 Å². The van der Waals surface area contributed by atoms with Crippen LogP contribution in [0.4, 0.5) is 9.18 Å². The first kappa shape index (κ1) is 25.6. The van der Waals surface area contributed by atoms with Gasteiger partial charge in [0.25, 0.3) is 0 Å². The van der Waals surface area contributed by atoms with Gasteiger partial charge >= 0.3 is 6.09 Å². The van der Waals surface area contributed by atoms with E-state index in [1.807, 2.05) is 20.8 Å². The van der Waals surface area contributed by atoms with Gasteiger partial charge in [0.15, 0.2) is 11.6 Å². The zero-order chi connectivity index (χ0) is 24.8. The van der Waals surface area contributed by atoms with E-state index in [4.69, 9.17) is 4.74 Å². The van der Waals surface area contributed by atoms with Gasteiger partial charge in [0.05, 0.1) is 24.6 Å². The van der Waals surface area contributed by atoms with Gasteiger partial charge in [-0.3, -0.25) is 9.59 Å². The lowest BCUT2D eigenvalue weighted by Crippen LogP contribution is -2.48. The number of halogens is 1. The molecule has 0 saturated carbocycles. The second kappa shape index (κ2) is 11.4. The molecule has 1 fully saturated rings. The fourth-order valence-corrected chi connectivity index (χ4v) is 4.22. The number of likely N-dealkylation sites (tertiary alicyclic amines) is 1. The van der Waals surface area contributed by atoms with Gasteiger partial charge in [-0.25, -0.2) is 14.2 Å². The van der Waals surface area contributed by atoms with E-state index < -0.39 is 18.0 Å². The Morgan fingerprint density at radius 1 is 1.24 bits per heavy atom. The minimum Gasteiger partial charge on any atom is -0.449 e. The van der Waals surface area contributed by atoms with Gasteiger partial charge in [0.1, 0.15) is 11.3 Å². The number of ether oxygens (including phenoxy) is 1. The Bertz CT molecular complexity index is 1020. The lowest BCUT2D eigenvalue weighted by atomic mass is 9.96. The number of alkyl carbamates (subject to hydrolysis) is 1. The second-order valence-electron chi connectivity index (χ2n) is 9.65. The Labute approximate surface area is 199 Å². The number of fused-ring (bicyclic) bond motifs is 1. The monoisotopic (exact) mass is 474 g/mol. The highest BCUT2D eigenvalue weighted by Gasteiger charge is 2.31. The molecule has 9 heteroatoms. The SMILES string of the molecule is CC(C)COC(=O)N[C@@H](CC(=O)N1CCCC[C@@H]1C)C(=O)C[C@@H](C)c1nc2c(F)cccc2[nH]1. The number of benzene rings is 1. The van der Waals surface area contributed by atoms with E-state index in [9.17, 15) is 18.8 Å². The van der Waals surface area contributed by atoms with Crippen molar-refractivity contribution in [3.63, 3.8) is 0 Å². The third kappa shape index (κ3) is 6.55. The molecule has 0 aliphatic carbocycles. The maximum atomic E-state index is 14.0. The van der Waals surface area contributed by atoms with Gasteiger partial charge in [-0.2, -0.15) is 0 Å². The summed E-state index contributed by atoms with van der Waals surface area (Å²) in [7, 11) is 0. The summed E-state index contributed by atoms with van der Waals surface area (Å²) in [4.78, 5) is 47.7. The van der Waals surface area contributed by atoms with Crippen LogP contribution in [0.1, 0.15) is 71.5 Å². The summed E-state index contributed by atoms with van der Waals surface area (Å²) in [5.74, 6) is -0.637. The molecule has 186 valence electrons. The molecule has 1 aliphatic heterocycles. The van der Waals surface area contributed by atoms with Gasteiger partial charge in [-0.15, -0.1) is 0 Å². The molecule has 2 aromatic rings. The molecule has 1 aliphatic rings. The standard InChI is InChI=1S/C25H35FN4O4/c1-15(2)14-34-25(33)28-20(13-22(32)30-11-6-5-8-17(30)4)21(31)12-16(3)24-27-19-10-7-9-18(26)23(19)29-24/h7,9-10,15-17,20H,5-6,8,11-14H2,1-4H3,(H,27,29)(H,28,33)/t16-,17+,20+/m1/s1. The number of carbonyl (C=O) groups excluding carboxylic acids is 3. The highest BCUT2D eigenvalue weighted by Crippen LogP contribution is 2.24. The number of aromatic nitrogens is 2. The summed E-state index contributed by atoms with van der Waals surface area (Å²) in [5.41, 5.74) is 0.772. The minimum absolute atomic E-state index is 0.0272. The highest BCUT2D eigenvalue weighted by molar-refractivity contribution is 5.92. The lowest BCUT2D eigenvalue weighted by molar-refractivity contribution is -0.137. The molecule has 34 heavy (non-hydrogen) atoms. The zero-order valence-corrected chi connectivity index (χ0v) is 20.4. The molecule has 0 unspecified atom stereocenters. The van der Waals surface area contributed by atoms with Crippen molar-refractivity contribution in [3.8, 4) is 0 Å². The van der Waals surface area contributed by atoms with Crippen molar-refractivity contribution in [1.29, 1.82) is 0 Å². The van der Waals surface area contributed by atoms with Crippen molar-refractivity contribution in [2.75, 3.05) is 13.2 Å². The maximum absolute atomic E-state index is 14.0. The molecular weight excluding hydrogens is 439 g/mol. The van der Waals surface area contributed by atoms with Crippen LogP contribution in [0.25, 0.3) is 11.0 Å². The first-order chi connectivity index (χ1) is 16.2. The van der Waals surface area contributed by atoms with Crippen molar-refractivity contribution >= 4 is 28.8 Å². The number of ketones is 1. The molecule has 8 nitrogen and oxygen atoms in total. The van der Waals surface area contributed by atoms with Gasteiger partial charge < -0.3 is 19.9 Å². The molecule has 1 aromatic heterocycles. The van der Waals surface area contributed by atoms with E-state index in [0.29, 0.717) is 17.9 Å². The smallest absolute Gasteiger partial charge is 0.407 e. The Morgan fingerprint density at radius 3 is 2.68 bits per heavy atom. The fraction of sp³-hybridized carbons (Fsp3) is 0.600. The van der Waals surface area contributed by atoms with Crippen LogP contribution in [-0.4, -0.2) is 57.9 Å². The number of para-hydroxylation sites is 1. The number of hydrogen-bond donors (Lipinski definition) is 2. The predicted molar refractivity (Wildman–Crippen MR) is 127 cm³/mol. The van der Waals surface area contributed by atoms with Crippen LogP contribution in [-0.2, 0) is 14.3 Å². The Balaban J connectivity index is 1.71. The quantitative estimate of drug-likeness (QED) is 0.564. The van der Waals surface area contributed by atoms with Crippen LogP contribution in [0.2, 0.25) is 0 Å². The number of Topliss-reactive ketones (excluding diaryl/α,β-unsaturated/α-hetero) is 1. The molecule has 2 heterocycles. The normalized spacial score (nSPS) is 18.1. The van der Waals surface area contributed by atoms with E-state index in [1.165, 1.54) is 6.07 Å². The number of H-pyrrole nitrogens is 1. The van der Waals surface area contributed by atoms with Crippen LogP contribution in [0.3, 0.4) is 0 Å². The maximum Gasteiger partial charge on any atom is 0.407 e. The second-order valence-corrected chi connectivity index (χ2v) is 9.65. The van der Waals surface area contributed by atoms with Crippen LogP contribution in [0.5, 0.6) is 0 Å². The molecule has 2 N–H and O–H groups in total. The summed E-state index contributed by atoms with van der Waals surface area (Å²) in [5, 5.41) is 2.60. The third-order valence-electron chi connectivity index (χ3n) is 6.19. The number of rotatable bonds is 9. The number of piperidine rings is 1. The molecule has 3 atom stereocenters.